The molecule has 0 bridgehead atoms. The maximum absolute atomic E-state index is 13.3. The van der Waals surface area contributed by atoms with Gasteiger partial charge in [0.05, 0.1) is 24.8 Å². The fraction of sp³-hybridized carbons (Fsp3) is 0.286. The minimum atomic E-state index is -0.275. The van der Waals surface area contributed by atoms with E-state index in [9.17, 15) is 9.18 Å². The van der Waals surface area contributed by atoms with Crippen molar-refractivity contribution in [1.82, 2.24) is 14.5 Å². The average Bonchev–Trinajstić information content (AvgIpc) is 3.43. The van der Waals surface area contributed by atoms with Crippen LogP contribution in [0.4, 0.5) is 4.39 Å². The van der Waals surface area contributed by atoms with Gasteiger partial charge in [-0.25, -0.2) is 9.37 Å². The second-order valence-corrected chi connectivity index (χ2v) is 8.77. The second kappa shape index (κ2) is 10.2. The number of para-hydroxylation sites is 4. The van der Waals surface area contributed by atoms with Gasteiger partial charge in [0.25, 0.3) is 0 Å². The largest absolute Gasteiger partial charge is 0.493 e. The lowest BCUT2D eigenvalue weighted by atomic mass is 10.1. The third-order valence-electron chi connectivity index (χ3n) is 6.40. The minimum Gasteiger partial charge on any atom is -0.493 e. The smallest absolute Gasteiger partial charge is 0.223 e. The molecule has 1 saturated heterocycles. The highest BCUT2D eigenvalue weighted by Crippen LogP contribution is 2.32. The molecular formula is C28H28FN3O3. The molecule has 7 heteroatoms. The van der Waals surface area contributed by atoms with E-state index in [1.807, 2.05) is 47.4 Å². The molecule has 1 aliphatic heterocycles. The van der Waals surface area contributed by atoms with E-state index in [1.165, 1.54) is 12.1 Å². The van der Waals surface area contributed by atoms with E-state index in [4.69, 9.17) is 14.5 Å². The molecule has 1 atom stereocenters. The lowest BCUT2D eigenvalue weighted by molar-refractivity contribution is -0.128. The van der Waals surface area contributed by atoms with Crippen LogP contribution in [0.3, 0.4) is 0 Å². The monoisotopic (exact) mass is 473 g/mol. The zero-order valence-corrected chi connectivity index (χ0v) is 19.7. The van der Waals surface area contributed by atoms with Crippen molar-refractivity contribution in [2.75, 3.05) is 20.3 Å². The van der Waals surface area contributed by atoms with Gasteiger partial charge in [-0.1, -0.05) is 36.4 Å². The van der Waals surface area contributed by atoms with Crippen LogP contribution >= 0.6 is 0 Å². The quantitative estimate of drug-likeness (QED) is 0.315. The molecule has 0 spiro atoms. The lowest BCUT2D eigenvalue weighted by Gasteiger charge is -2.17. The number of hydrogen-bond acceptors (Lipinski definition) is 4. The lowest BCUT2D eigenvalue weighted by Crippen LogP contribution is -2.24. The van der Waals surface area contributed by atoms with Crippen LogP contribution in [-0.2, 0) is 17.9 Å². The van der Waals surface area contributed by atoms with Crippen LogP contribution < -0.4 is 9.47 Å². The zero-order valence-electron chi connectivity index (χ0n) is 19.7. The first-order chi connectivity index (χ1) is 17.1. The molecule has 2 heterocycles. The summed E-state index contributed by atoms with van der Waals surface area (Å²) in [5, 5.41) is 0. The van der Waals surface area contributed by atoms with E-state index >= 15 is 0 Å². The Hall–Kier alpha value is -3.87. The number of likely N-dealkylation sites (tertiary alicyclic amines) is 1. The van der Waals surface area contributed by atoms with Crippen LogP contribution in [-0.4, -0.2) is 40.6 Å². The van der Waals surface area contributed by atoms with Gasteiger partial charge in [0.1, 0.15) is 11.6 Å². The predicted molar refractivity (Wildman–Crippen MR) is 132 cm³/mol. The molecule has 35 heavy (non-hydrogen) atoms. The Bertz CT molecular complexity index is 1320. The van der Waals surface area contributed by atoms with Crippen molar-refractivity contribution in [3.05, 3.63) is 90.0 Å². The van der Waals surface area contributed by atoms with Crippen LogP contribution in [0.1, 0.15) is 30.1 Å². The van der Waals surface area contributed by atoms with Crippen molar-refractivity contribution in [2.45, 2.75) is 31.8 Å². The standard InChI is InChI=1S/C28H28FN3O3/c1-34-25-9-4-5-10-26(25)35-16-6-15-32-24-8-3-2-7-23(24)30-28(32)21-17-27(33)31(19-21)18-20-11-13-22(29)14-12-20/h2-5,7-14,21H,6,15-19H2,1H3. The molecule has 5 rings (SSSR count). The van der Waals surface area contributed by atoms with Gasteiger partial charge in [-0.2, -0.15) is 0 Å². The van der Waals surface area contributed by atoms with Gasteiger partial charge in [0, 0.05) is 32.0 Å². The molecular weight excluding hydrogens is 445 g/mol. The van der Waals surface area contributed by atoms with Crippen molar-refractivity contribution in [2.24, 2.45) is 0 Å². The fourth-order valence-corrected chi connectivity index (χ4v) is 4.69. The summed E-state index contributed by atoms with van der Waals surface area (Å²) >= 11 is 0. The summed E-state index contributed by atoms with van der Waals surface area (Å²) in [5.41, 5.74) is 2.91. The van der Waals surface area contributed by atoms with E-state index in [2.05, 4.69) is 10.6 Å². The normalized spacial score (nSPS) is 15.7. The Labute approximate surface area is 203 Å². The zero-order chi connectivity index (χ0) is 24.2. The van der Waals surface area contributed by atoms with Crippen LogP contribution in [0, 0.1) is 5.82 Å². The summed E-state index contributed by atoms with van der Waals surface area (Å²) in [6.45, 7) is 2.33. The number of methoxy groups -OCH3 is 1. The topological polar surface area (TPSA) is 56.6 Å². The average molecular weight is 474 g/mol. The van der Waals surface area contributed by atoms with Crippen molar-refractivity contribution in [3.63, 3.8) is 0 Å². The third-order valence-corrected chi connectivity index (χ3v) is 6.40. The van der Waals surface area contributed by atoms with Gasteiger partial charge in [-0.3, -0.25) is 4.79 Å². The summed E-state index contributed by atoms with van der Waals surface area (Å²) in [6.07, 6.45) is 1.20. The number of aromatic nitrogens is 2. The molecule has 3 aromatic carbocycles. The Morgan fingerprint density at radius 1 is 1.00 bits per heavy atom. The maximum atomic E-state index is 13.3. The summed E-state index contributed by atoms with van der Waals surface area (Å²) in [4.78, 5) is 19.6. The van der Waals surface area contributed by atoms with Gasteiger partial charge < -0.3 is 18.9 Å². The number of imidazole rings is 1. The highest BCUT2D eigenvalue weighted by molar-refractivity contribution is 5.81. The summed E-state index contributed by atoms with van der Waals surface area (Å²) in [6, 6.07) is 22.0. The summed E-state index contributed by atoms with van der Waals surface area (Å²) in [7, 11) is 1.63. The minimum absolute atomic E-state index is 0.00508. The number of amides is 1. The Morgan fingerprint density at radius 3 is 2.54 bits per heavy atom. The first-order valence-corrected chi connectivity index (χ1v) is 11.9. The molecule has 1 aliphatic rings. The number of hydrogen-bond donors (Lipinski definition) is 0. The summed E-state index contributed by atoms with van der Waals surface area (Å²) in [5.74, 6) is 2.19. The van der Waals surface area contributed by atoms with E-state index in [-0.39, 0.29) is 17.6 Å². The molecule has 1 aromatic heterocycles. The fourth-order valence-electron chi connectivity index (χ4n) is 4.69. The molecule has 0 N–H and O–H groups in total. The first-order valence-electron chi connectivity index (χ1n) is 11.9. The number of carbonyl (C=O) groups excluding carboxylic acids is 1. The van der Waals surface area contributed by atoms with Gasteiger partial charge in [-0.05, 0) is 48.4 Å². The third kappa shape index (κ3) is 4.99. The maximum Gasteiger partial charge on any atom is 0.223 e. The SMILES string of the molecule is COc1ccccc1OCCCn1c(C2CC(=O)N(Cc3ccc(F)cc3)C2)nc2ccccc21. The molecule has 1 fully saturated rings. The number of halogens is 1. The molecule has 180 valence electrons. The Balaban J connectivity index is 1.30. The first kappa shape index (κ1) is 22.9. The Kier molecular flexibility index (Phi) is 6.66. The number of rotatable bonds is 9. The predicted octanol–water partition coefficient (Wildman–Crippen LogP) is 5.17. The molecule has 1 amide bonds. The van der Waals surface area contributed by atoms with Crippen LogP contribution in [0.2, 0.25) is 0 Å². The molecule has 0 aliphatic carbocycles. The van der Waals surface area contributed by atoms with E-state index in [0.717, 1.165) is 41.1 Å². The van der Waals surface area contributed by atoms with Crippen molar-refractivity contribution in [3.8, 4) is 11.5 Å². The summed E-state index contributed by atoms with van der Waals surface area (Å²) < 4.78 is 26.8. The van der Waals surface area contributed by atoms with Gasteiger partial charge in [0.2, 0.25) is 5.91 Å². The van der Waals surface area contributed by atoms with Crippen molar-refractivity contribution < 1.29 is 18.7 Å². The number of ether oxygens (including phenoxy) is 2. The highest BCUT2D eigenvalue weighted by Gasteiger charge is 2.34. The Morgan fingerprint density at radius 2 is 1.74 bits per heavy atom. The molecule has 6 nitrogen and oxygen atoms in total. The molecule has 4 aromatic rings. The van der Waals surface area contributed by atoms with Crippen LogP contribution in [0.15, 0.2) is 72.8 Å². The van der Waals surface area contributed by atoms with E-state index in [0.29, 0.717) is 31.9 Å². The van der Waals surface area contributed by atoms with Gasteiger partial charge in [0.15, 0.2) is 11.5 Å². The van der Waals surface area contributed by atoms with Crippen molar-refractivity contribution >= 4 is 16.9 Å². The number of benzene rings is 3. The van der Waals surface area contributed by atoms with E-state index in [1.54, 1.807) is 19.2 Å². The number of fused-ring (bicyclic) bond motifs is 1. The van der Waals surface area contributed by atoms with Crippen molar-refractivity contribution in [1.29, 1.82) is 0 Å². The number of aryl methyl sites for hydroxylation is 1. The second-order valence-electron chi connectivity index (χ2n) is 8.77. The van der Waals surface area contributed by atoms with Crippen LogP contribution in [0.25, 0.3) is 11.0 Å². The number of carbonyl (C=O) groups is 1. The molecule has 0 radical (unpaired) electrons. The number of nitrogens with zero attached hydrogens (tertiary/aromatic N) is 3. The molecule has 1 unspecified atom stereocenters. The van der Waals surface area contributed by atoms with E-state index < -0.39 is 0 Å². The van der Waals surface area contributed by atoms with Gasteiger partial charge >= 0.3 is 0 Å². The van der Waals surface area contributed by atoms with Crippen LogP contribution in [0.5, 0.6) is 11.5 Å². The highest BCUT2D eigenvalue weighted by atomic mass is 19.1. The van der Waals surface area contributed by atoms with Gasteiger partial charge in [-0.15, -0.1) is 0 Å². The molecule has 0 saturated carbocycles.